The molecule has 0 amide bonds. The van der Waals surface area contributed by atoms with E-state index in [4.69, 9.17) is 4.74 Å². The molecule has 5 nitrogen and oxygen atoms in total. The van der Waals surface area contributed by atoms with Crippen LogP contribution in [0, 0.1) is 6.92 Å². The van der Waals surface area contributed by atoms with Crippen LogP contribution in [0.1, 0.15) is 23.1 Å². The van der Waals surface area contributed by atoms with Crippen LogP contribution in [-0.4, -0.2) is 38.5 Å². The second-order valence-corrected chi connectivity index (χ2v) is 9.88. The normalized spacial score (nSPS) is 21.1. The number of hydrogen-bond acceptors (Lipinski definition) is 3. The number of rotatable bonds is 4. The van der Waals surface area contributed by atoms with Crippen molar-refractivity contribution in [2.45, 2.75) is 29.7 Å². The topological polar surface area (TPSA) is 59.0 Å². The van der Waals surface area contributed by atoms with Crippen LogP contribution in [0.25, 0.3) is 0 Å². The minimum atomic E-state index is -3.84. The fourth-order valence-electron chi connectivity index (χ4n) is 4.67. The van der Waals surface area contributed by atoms with Crippen LogP contribution in [0.2, 0.25) is 0 Å². The molecule has 5 rings (SSSR count). The first kappa shape index (κ1) is 19.8. The van der Waals surface area contributed by atoms with Gasteiger partial charge in [-0.1, -0.05) is 78.4 Å². The summed E-state index contributed by atoms with van der Waals surface area (Å²) in [4.78, 5) is 2.19. The highest BCUT2D eigenvalue weighted by Crippen LogP contribution is 2.45. The maximum absolute atomic E-state index is 12.9. The highest BCUT2D eigenvalue weighted by Gasteiger charge is 2.51. The highest BCUT2D eigenvalue weighted by molar-refractivity contribution is 7.90. The zero-order valence-electron chi connectivity index (χ0n) is 17.3. The fourth-order valence-corrected chi connectivity index (χ4v) is 5.62. The van der Waals surface area contributed by atoms with E-state index in [1.807, 2.05) is 24.0 Å². The van der Waals surface area contributed by atoms with Crippen molar-refractivity contribution in [1.29, 1.82) is 0 Å². The predicted octanol–water partition coefficient (Wildman–Crippen LogP) is 4.13. The molecule has 0 spiro atoms. The molecule has 2 heterocycles. The number of sulfonamides is 1. The lowest BCUT2D eigenvalue weighted by molar-refractivity contribution is 0.313. The van der Waals surface area contributed by atoms with Gasteiger partial charge < -0.3 is 9.64 Å². The summed E-state index contributed by atoms with van der Waals surface area (Å²) in [5.41, 5.74) is 3.19. The summed E-state index contributed by atoms with van der Waals surface area (Å²) in [6.45, 7) is 2.97. The highest BCUT2D eigenvalue weighted by atomic mass is 32.2. The van der Waals surface area contributed by atoms with Crippen LogP contribution in [0.4, 0.5) is 0 Å². The molecule has 0 radical (unpaired) electrons. The first-order valence-electron chi connectivity index (χ1n) is 10.4. The van der Waals surface area contributed by atoms with Gasteiger partial charge in [0.1, 0.15) is 6.61 Å². The number of hydrogen-bond donors (Lipinski definition) is 0. The van der Waals surface area contributed by atoms with Crippen LogP contribution < -0.4 is 0 Å². The molecule has 2 aliphatic heterocycles. The molecule has 6 heteroatoms. The van der Waals surface area contributed by atoms with Gasteiger partial charge in [0.2, 0.25) is 0 Å². The fraction of sp³-hybridized carbons (Fsp3) is 0.240. The van der Waals surface area contributed by atoms with Gasteiger partial charge in [0.25, 0.3) is 10.0 Å². The molecule has 0 bridgehead atoms. The van der Waals surface area contributed by atoms with Gasteiger partial charge in [0.05, 0.1) is 10.9 Å². The van der Waals surface area contributed by atoms with E-state index in [-0.39, 0.29) is 22.4 Å². The van der Waals surface area contributed by atoms with Crippen molar-refractivity contribution in [3.8, 4) is 0 Å². The Morgan fingerprint density at radius 1 is 0.903 bits per heavy atom. The summed E-state index contributed by atoms with van der Waals surface area (Å²) in [5, 5.41) is 0. The number of amidine groups is 1. The molecule has 0 N–H and O–H groups in total. The zero-order chi connectivity index (χ0) is 21.5. The molecular weight excluding hydrogens is 408 g/mol. The van der Waals surface area contributed by atoms with Crippen LogP contribution >= 0.6 is 0 Å². The molecule has 31 heavy (non-hydrogen) atoms. The zero-order valence-corrected chi connectivity index (χ0v) is 18.1. The van der Waals surface area contributed by atoms with Gasteiger partial charge in [0.15, 0.2) is 0 Å². The number of fused-ring (bicyclic) bond motifs is 1. The molecule has 1 atom stereocenters. The summed E-state index contributed by atoms with van der Waals surface area (Å²) >= 11 is 0. The summed E-state index contributed by atoms with van der Waals surface area (Å²) in [5.74, 6) is 0. The molecule has 0 aliphatic carbocycles. The van der Waals surface area contributed by atoms with Crippen LogP contribution in [-0.2, 0) is 20.2 Å². The van der Waals surface area contributed by atoms with Crippen molar-refractivity contribution in [2.24, 2.45) is 4.40 Å². The lowest BCUT2D eigenvalue weighted by Crippen LogP contribution is -2.35. The first-order valence-corrected chi connectivity index (χ1v) is 11.8. The van der Waals surface area contributed by atoms with Gasteiger partial charge in [-0.25, -0.2) is 0 Å². The van der Waals surface area contributed by atoms with Crippen molar-refractivity contribution in [3.05, 3.63) is 102 Å². The Labute approximate surface area is 183 Å². The second kappa shape index (κ2) is 7.54. The van der Waals surface area contributed by atoms with E-state index < -0.39 is 10.0 Å². The van der Waals surface area contributed by atoms with Crippen LogP contribution in [0.3, 0.4) is 0 Å². The molecule has 2 aliphatic rings. The van der Waals surface area contributed by atoms with E-state index in [9.17, 15) is 8.42 Å². The quantitative estimate of drug-likeness (QED) is 0.622. The Hall–Kier alpha value is -3.12. The Morgan fingerprint density at radius 3 is 2.06 bits per heavy atom. The lowest BCUT2D eigenvalue weighted by atomic mass is 9.73. The number of benzene rings is 3. The maximum Gasteiger partial charge on any atom is 0.303 e. The minimum Gasteiger partial charge on any atom is -0.462 e. The molecule has 0 aromatic heterocycles. The summed E-state index contributed by atoms with van der Waals surface area (Å²) in [6.07, 6.45) is 0.838. The third-order valence-corrected chi connectivity index (χ3v) is 7.55. The molecule has 2 fully saturated rings. The van der Waals surface area contributed by atoms with E-state index in [1.165, 1.54) is 11.1 Å². The van der Waals surface area contributed by atoms with Gasteiger partial charge in [-0.15, -0.1) is 4.40 Å². The predicted molar refractivity (Wildman–Crippen MR) is 121 cm³/mol. The molecule has 2 saturated heterocycles. The molecule has 0 saturated carbocycles. The van der Waals surface area contributed by atoms with Crippen molar-refractivity contribution in [3.63, 3.8) is 0 Å². The molecular formula is C25H24N2O3S. The van der Waals surface area contributed by atoms with E-state index in [0.29, 0.717) is 13.2 Å². The smallest absolute Gasteiger partial charge is 0.303 e. The third kappa shape index (κ3) is 3.51. The molecule has 1 unspecified atom stereocenters. The van der Waals surface area contributed by atoms with Crippen molar-refractivity contribution in [2.75, 3.05) is 13.2 Å². The summed E-state index contributed by atoms with van der Waals surface area (Å²) < 4.78 is 35.6. The Bertz CT molecular complexity index is 1170. The molecule has 3 aromatic rings. The lowest BCUT2D eigenvalue weighted by Gasteiger charge is -2.31. The molecule has 3 aromatic carbocycles. The Morgan fingerprint density at radius 2 is 1.48 bits per heavy atom. The monoisotopic (exact) mass is 432 g/mol. The van der Waals surface area contributed by atoms with Crippen molar-refractivity contribution in [1.82, 2.24) is 4.90 Å². The standard InChI is InChI=1S/C25H24N2O3S/c1-19-12-14-23(15-13-19)31(28,29)26-24-27-18-25(16-22(27)17-30-24,20-8-4-2-5-9-20)21-10-6-3-7-11-21/h2-15,22H,16-18H2,1H3/b26-24-. The van der Waals surface area contributed by atoms with Gasteiger partial charge in [0, 0.05) is 12.0 Å². The first-order chi connectivity index (χ1) is 15.0. The van der Waals surface area contributed by atoms with Gasteiger partial charge in [-0.3, -0.25) is 0 Å². The summed E-state index contributed by atoms with van der Waals surface area (Å²) in [7, 11) is -3.84. The van der Waals surface area contributed by atoms with Gasteiger partial charge in [-0.2, -0.15) is 8.42 Å². The number of nitrogens with zero attached hydrogens (tertiary/aromatic N) is 2. The van der Waals surface area contributed by atoms with E-state index in [1.54, 1.807) is 24.3 Å². The number of aryl methyl sites for hydroxylation is 1. The third-order valence-electron chi connectivity index (χ3n) is 6.29. The average molecular weight is 433 g/mol. The second-order valence-electron chi connectivity index (χ2n) is 8.27. The van der Waals surface area contributed by atoms with Crippen LogP contribution in [0.15, 0.2) is 94.2 Å². The van der Waals surface area contributed by atoms with Crippen LogP contribution in [0.5, 0.6) is 0 Å². The largest absolute Gasteiger partial charge is 0.462 e. The van der Waals surface area contributed by atoms with Gasteiger partial charge >= 0.3 is 6.02 Å². The van der Waals surface area contributed by atoms with Gasteiger partial charge in [-0.05, 0) is 36.6 Å². The minimum absolute atomic E-state index is 0.0763. The van der Waals surface area contributed by atoms with Crippen molar-refractivity contribution >= 4 is 16.0 Å². The van der Waals surface area contributed by atoms with E-state index in [2.05, 4.69) is 52.9 Å². The van der Waals surface area contributed by atoms with Crippen molar-refractivity contribution < 1.29 is 13.2 Å². The molecule has 158 valence electrons. The average Bonchev–Trinajstić information content (AvgIpc) is 3.35. The number of ether oxygens (including phenoxy) is 1. The van der Waals surface area contributed by atoms with E-state index in [0.717, 1.165) is 12.0 Å². The van der Waals surface area contributed by atoms with E-state index >= 15 is 0 Å². The summed E-state index contributed by atoms with van der Waals surface area (Å²) in [6, 6.07) is 27.8. The SMILES string of the molecule is Cc1ccc(S(=O)(=O)/N=C2\OCC3CC(c4ccccc4)(c4ccccc4)CN23)cc1. The Balaban J connectivity index is 1.53. The Kier molecular flexibility index (Phi) is 4.82. The maximum atomic E-state index is 12.9.